The fraction of sp³-hybridized carbons (Fsp3) is 0.286. The van der Waals surface area contributed by atoms with E-state index in [-0.39, 0.29) is 17.7 Å². The van der Waals surface area contributed by atoms with Crippen molar-refractivity contribution in [3.63, 3.8) is 0 Å². The first-order chi connectivity index (χ1) is 13.4. The molecule has 0 radical (unpaired) electrons. The van der Waals surface area contributed by atoms with E-state index in [0.29, 0.717) is 17.0 Å². The maximum atomic E-state index is 12.5. The summed E-state index contributed by atoms with van der Waals surface area (Å²) in [5, 5.41) is 7.29. The SMILES string of the molecule is COc1ccc(/C=N/NC(=O)C(CC(C)C)NC(=O)c2ccc(Cl)cc2)cc1. The summed E-state index contributed by atoms with van der Waals surface area (Å²) < 4.78 is 5.10. The van der Waals surface area contributed by atoms with E-state index >= 15 is 0 Å². The van der Waals surface area contributed by atoms with Crippen LogP contribution in [0.4, 0.5) is 0 Å². The van der Waals surface area contributed by atoms with Crippen molar-refractivity contribution in [3.05, 3.63) is 64.7 Å². The molecular formula is C21H24ClN3O3. The molecule has 0 aliphatic carbocycles. The number of nitrogens with one attached hydrogen (secondary N) is 2. The van der Waals surface area contributed by atoms with Gasteiger partial charge in [-0.25, -0.2) is 5.43 Å². The van der Waals surface area contributed by atoms with Crippen LogP contribution in [0.5, 0.6) is 5.75 Å². The predicted molar refractivity (Wildman–Crippen MR) is 111 cm³/mol. The van der Waals surface area contributed by atoms with Crippen molar-refractivity contribution in [2.24, 2.45) is 11.0 Å². The zero-order valence-electron chi connectivity index (χ0n) is 16.1. The van der Waals surface area contributed by atoms with Gasteiger partial charge in [0.15, 0.2) is 0 Å². The lowest BCUT2D eigenvalue weighted by atomic mass is 10.0. The van der Waals surface area contributed by atoms with E-state index in [0.717, 1.165) is 11.3 Å². The molecule has 2 rings (SSSR count). The average molecular weight is 402 g/mol. The summed E-state index contributed by atoms with van der Waals surface area (Å²) in [6, 6.07) is 13.0. The van der Waals surface area contributed by atoms with Crippen LogP contribution in [0.25, 0.3) is 0 Å². The number of halogens is 1. The third-order valence-corrected chi connectivity index (χ3v) is 4.19. The van der Waals surface area contributed by atoms with E-state index in [1.165, 1.54) is 6.21 Å². The number of benzene rings is 2. The average Bonchev–Trinajstić information content (AvgIpc) is 2.68. The van der Waals surface area contributed by atoms with E-state index < -0.39 is 6.04 Å². The van der Waals surface area contributed by atoms with Gasteiger partial charge in [0.2, 0.25) is 0 Å². The number of hydrazone groups is 1. The highest BCUT2D eigenvalue weighted by molar-refractivity contribution is 6.30. The van der Waals surface area contributed by atoms with E-state index in [9.17, 15) is 9.59 Å². The van der Waals surface area contributed by atoms with Crippen LogP contribution in [0.15, 0.2) is 53.6 Å². The van der Waals surface area contributed by atoms with E-state index in [1.807, 2.05) is 26.0 Å². The molecule has 6 nitrogen and oxygen atoms in total. The summed E-state index contributed by atoms with van der Waals surface area (Å²) in [5.41, 5.74) is 3.74. The van der Waals surface area contributed by atoms with Gasteiger partial charge in [0.05, 0.1) is 13.3 Å². The van der Waals surface area contributed by atoms with Gasteiger partial charge in [-0.15, -0.1) is 0 Å². The Labute approximate surface area is 169 Å². The lowest BCUT2D eigenvalue weighted by Crippen LogP contribution is -2.46. The third kappa shape index (κ3) is 6.70. The standard InChI is InChI=1S/C21H24ClN3O3/c1-14(2)12-19(24-20(26)16-6-8-17(22)9-7-16)21(27)25-23-13-15-4-10-18(28-3)11-5-15/h4-11,13-14,19H,12H2,1-3H3,(H,24,26)(H,25,27)/b23-13+. The highest BCUT2D eigenvalue weighted by atomic mass is 35.5. The number of rotatable bonds is 8. The molecule has 7 heteroatoms. The highest BCUT2D eigenvalue weighted by Crippen LogP contribution is 2.12. The Morgan fingerprint density at radius 3 is 2.32 bits per heavy atom. The van der Waals surface area contributed by atoms with Gasteiger partial charge in [0.25, 0.3) is 11.8 Å². The minimum Gasteiger partial charge on any atom is -0.497 e. The zero-order valence-corrected chi connectivity index (χ0v) is 16.9. The Hall–Kier alpha value is -2.86. The van der Waals surface area contributed by atoms with Crippen LogP contribution < -0.4 is 15.5 Å². The molecule has 2 N–H and O–H groups in total. The van der Waals surface area contributed by atoms with Gasteiger partial charge in [-0.2, -0.15) is 5.10 Å². The minimum absolute atomic E-state index is 0.215. The Morgan fingerprint density at radius 1 is 1.11 bits per heavy atom. The van der Waals surface area contributed by atoms with Gasteiger partial charge in [0, 0.05) is 10.6 Å². The van der Waals surface area contributed by atoms with Crippen molar-refractivity contribution in [1.29, 1.82) is 0 Å². The molecule has 0 spiro atoms. The molecule has 2 amide bonds. The van der Waals surface area contributed by atoms with Crippen LogP contribution in [-0.4, -0.2) is 31.2 Å². The number of hydrogen-bond acceptors (Lipinski definition) is 4. The summed E-state index contributed by atoms with van der Waals surface area (Å²) in [6.45, 7) is 3.96. The van der Waals surface area contributed by atoms with Crippen molar-refractivity contribution < 1.29 is 14.3 Å². The van der Waals surface area contributed by atoms with Crippen LogP contribution in [0.3, 0.4) is 0 Å². The van der Waals surface area contributed by atoms with Gasteiger partial charge in [-0.3, -0.25) is 9.59 Å². The maximum Gasteiger partial charge on any atom is 0.262 e. The summed E-state index contributed by atoms with van der Waals surface area (Å²) in [4.78, 5) is 24.9. The maximum absolute atomic E-state index is 12.5. The van der Waals surface area contributed by atoms with Crippen LogP contribution in [0.2, 0.25) is 5.02 Å². The fourth-order valence-corrected chi connectivity index (χ4v) is 2.61. The molecule has 0 aliphatic rings. The van der Waals surface area contributed by atoms with Crippen molar-refractivity contribution in [2.45, 2.75) is 26.3 Å². The first-order valence-corrected chi connectivity index (χ1v) is 9.30. The van der Waals surface area contributed by atoms with Crippen molar-refractivity contribution in [3.8, 4) is 5.75 Å². The molecule has 2 aromatic rings. The van der Waals surface area contributed by atoms with Crippen LogP contribution in [0, 0.1) is 5.92 Å². The monoisotopic (exact) mass is 401 g/mol. The minimum atomic E-state index is -0.698. The first kappa shape index (κ1) is 21.4. The highest BCUT2D eigenvalue weighted by Gasteiger charge is 2.22. The summed E-state index contributed by atoms with van der Waals surface area (Å²) in [6.07, 6.45) is 2.02. The number of ether oxygens (including phenoxy) is 1. The largest absolute Gasteiger partial charge is 0.497 e. The topological polar surface area (TPSA) is 79.8 Å². The molecule has 0 heterocycles. The van der Waals surface area contributed by atoms with Crippen molar-refractivity contribution in [2.75, 3.05) is 7.11 Å². The number of carbonyl (C=O) groups excluding carboxylic acids is 2. The molecule has 0 bridgehead atoms. The van der Waals surface area contributed by atoms with Gasteiger partial charge < -0.3 is 10.1 Å². The number of nitrogens with zero attached hydrogens (tertiary/aromatic N) is 1. The van der Waals surface area contributed by atoms with E-state index in [4.69, 9.17) is 16.3 Å². The van der Waals surface area contributed by atoms with Gasteiger partial charge in [-0.1, -0.05) is 25.4 Å². The van der Waals surface area contributed by atoms with Crippen molar-refractivity contribution >= 4 is 29.6 Å². The second-order valence-corrected chi connectivity index (χ2v) is 7.11. The smallest absolute Gasteiger partial charge is 0.262 e. The molecule has 1 atom stereocenters. The predicted octanol–water partition coefficient (Wildman–Crippen LogP) is 3.64. The molecular weight excluding hydrogens is 378 g/mol. The number of amides is 2. The van der Waals surface area contributed by atoms with Crippen LogP contribution in [0.1, 0.15) is 36.2 Å². The molecule has 2 aromatic carbocycles. The Balaban J connectivity index is 2.00. The number of carbonyl (C=O) groups is 2. The lowest BCUT2D eigenvalue weighted by molar-refractivity contribution is -0.123. The summed E-state index contributed by atoms with van der Waals surface area (Å²) >= 11 is 5.85. The molecule has 0 saturated heterocycles. The van der Waals surface area contributed by atoms with Crippen LogP contribution in [-0.2, 0) is 4.79 Å². The van der Waals surface area contributed by atoms with E-state index in [1.54, 1.807) is 43.5 Å². The van der Waals surface area contributed by atoms with Crippen molar-refractivity contribution in [1.82, 2.24) is 10.7 Å². The van der Waals surface area contributed by atoms with Gasteiger partial charge in [-0.05, 0) is 66.4 Å². The third-order valence-electron chi connectivity index (χ3n) is 3.94. The Bertz CT molecular complexity index is 818. The molecule has 0 aromatic heterocycles. The van der Waals surface area contributed by atoms with Crippen LogP contribution >= 0.6 is 11.6 Å². The van der Waals surface area contributed by atoms with E-state index in [2.05, 4.69) is 15.8 Å². The molecule has 0 aliphatic heterocycles. The molecule has 0 fully saturated rings. The zero-order chi connectivity index (χ0) is 20.5. The van der Waals surface area contributed by atoms with Gasteiger partial charge in [0.1, 0.15) is 11.8 Å². The first-order valence-electron chi connectivity index (χ1n) is 8.92. The quantitative estimate of drug-likeness (QED) is 0.523. The molecule has 0 saturated carbocycles. The molecule has 28 heavy (non-hydrogen) atoms. The molecule has 1 unspecified atom stereocenters. The molecule has 148 valence electrons. The summed E-state index contributed by atoms with van der Waals surface area (Å²) in [7, 11) is 1.59. The van der Waals surface area contributed by atoms with Gasteiger partial charge >= 0.3 is 0 Å². The normalized spacial score (nSPS) is 12.0. The lowest BCUT2D eigenvalue weighted by Gasteiger charge is -2.19. The number of hydrogen-bond donors (Lipinski definition) is 2. The fourth-order valence-electron chi connectivity index (χ4n) is 2.48. The summed E-state index contributed by atoms with van der Waals surface area (Å²) in [5.74, 6) is 0.243. The second-order valence-electron chi connectivity index (χ2n) is 6.67. The Morgan fingerprint density at radius 2 is 1.75 bits per heavy atom. The number of methoxy groups -OCH3 is 1. The second kappa shape index (κ2) is 10.5. The Kier molecular flexibility index (Phi) is 8.02.